The smallest absolute Gasteiger partial charge is 0.234 e. The molecule has 1 N–H and O–H groups in total. The van der Waals surface area contributed by atoms with Gasteiger partial charge in [-0.25, -0.2) is 4.39 Å². The maximum atomic E-state index is 13.7. The molecule has 5 heteroatoms. The molecule has 0 aliphatic carbocycles. The average Bonchev–Trinajstić information content (AvgIpc) is 2.48. The fourth-order valence-corrected chi connectivity index (χ4v) is 2.48. The topological polar surface area (TPSA) is 35.6 Å². The van der Waals surface area contributed by atoms with Gasteiger partial charge in [-0.1, -0.05) is 19.1 Å². The molecule has 1 amide bonds. The van der Waals surface area contributed by atoms with Crippen molar-refractivity contribution >= 4 is 11.6 Å². The predicted octanol–water partition coefficient (Wildman–Crippen LogP) is 1.86. The summed E-state index contributed by atoms with van der Waals surface area (Å²) in [5.74, 6) is -0.107. The Morgan fingerprint density at radius 3 is 2.57 bits per heavy atom. The van der Waals surface area contributed by atoms with Crippen molar-refractivity contribution in [2.24, 2.45) is 0 Å². The quantitative estimate of drug-likeness (QED) is 0.900. The molecular weight excluding hydrogens is 269 g/mol. The Morgan fingerprint density at radius 2 is 1.95 bits per heavy atom. The van der Waals surface area contributed by atoms with Crippen LogP contribution in [0.1, 0.15) is 20.3 Å². The summed E-state index contributed by atoms with van der Waals surface area (Å²) in [4.78, 5) is 16.0. The summed E-state index contributed by atoms with van der Waals surface area (Å²) < 4.78 is 13.7. The van der Waals surface area contributed by atoms with Crippen LogP contribution in [-0.4, -0.2) is 49.6 Å². The van der Waals surface area contributed by atoms with E-state index in [9.17, 15) is 9.18 Å². The first-order valence-corrected chi connectivity index (χ1v) is 7.61. The predicted molar refractivity (Wildman–Crippen MR) is 82.9 cm³/mol. The van der Waals surface area contributed by atoms with Gasteiger partial charge >= 0.3 is 0 Å². The summed E-state index contributed by atoms with van der Waals surface area (Å²) in [6.45, 7) is 7.54. The van der Waals surface area contributed by atoms with Gasteiger partial charge in [0.05, 0.1) is 12.2 Å². The molecule has 21 heavy (non-hydrogen) atoms. The van der Waals surface area contributed by atoms with Gasteiger partial charge in [0.1, 0.15) is 5.82 Å². The van der Waals surface area contributed by atoms with E-state index in [1.165, 1.54) is 6.07 Å². The number of hydrogen-bond acceptors (Lipinski definition) is 3. The molecule has 0 aromatic heterocycles. The van der Waals surface area contributed by atoms with Crippen LogP contribution in [0.5, 0.6) is 0 Å². The Bertz CT molecular complexity index is 472. The van der Waals surface area contributed by atoms with Gasteiger partial charge in [0, 0.05) is 32.2 Å². The van der Waals surface area contributed by atoms with Gasteiger partial charge in [0.15, 0.2) is 0 Å². The minimum Gasteiger partial charge on any atom is -0.367 e. The molecule has 1 unspecified atom stereocenters. The molecule has 1 atom stereocenters. The molecule has 1 aromatic rings. The monoisotopic (exact) mass is 293 g/mol. The largest absolute Gasteiger partial charge is 0.367 e. The SMILES string of the molecule is CCC(C)NC(=O)CN1CCN(c2ccccc2F)CC1. The molecule has 1 aliphatic heterocycles. The first-order chi connectivity index (χ1) is 10.1. The molecule has 0 bridgehead atoms. The molecule has 0 saturated carbocycles. The van der Waals surface area contributed by atoms with Gasteiger partial charge < -0.3 is 10.2 Å². The number of anilines is 1. The fourth-order valence-electron chi connectivity index (χ4n) is 2.48. The zero-order chi connectivity index (χ0) is 15.2. The van der Waals surface area contributed by atoms with Crippen molar-refractivity contribution in [3.63, 3.8) is 0 Å². The van der Waals surface area contributed by atoms with E-state index in [0.29, 0.717) is 12.2 Å². The third-order valence-electron chi connectivity index (χ3n) is 3.95. The maximum absolute atomic E-state index is 13.7. The van der Waals surface area contributed by atoms with Gasteiger partial charge in [0.2, 0.25) is 5.91 Å². The van der Waals surface area contributed by atoms with Gasteiger partial charge in [-0.3, -0.25) is 9.69 Å². The number of hydrogen-bond donors (Lipinski definition) is 1. The number of nitrogens with zero attached hydrogens (tertiary/aromatic N) is 2. The lowest BCUT2D eigenvalue weighted by atomic mass is 10.2. The van der Waals surface area contributed by atoms with Crippen molar-refractivity contribution < 1.29 is 9.18 Å². The van der Waals surface area contributed by atoms with E-state index in [1.54, 1.807) is 12.1 Å². The van der Waals surface area contributed by atoms with Crippen LogP contribution in [0.25, 0.3) is 0 Å². The van der Waals surface area contributed by atoms with Crippen LogP contribution in [0, 0.1) is 5.82 Å². The van der Waals surface area contributed by atoms with Crippen LogP contribution >= 0.6 is 0 Å². The summed E-state index contributed by atoms with van der Waals surface area (Å²) in [5, 5.41) is 2.97. The second kappa shape index (κ2) is 7.41. The molecule has 2 rings (SSSR count). The van der Waals surface area contributed by atoms with E-state index in [4.69, 9.17) is 0 Å². The van der Waals surface area contributed by atoms with Crippen LogP contribution in [-0.2, 0) is 4.79 Å². The van der Waals surface area contributed by atoms with Crippen molar-refractivity contribution in [3.8, 4) is 0 Å². The van der Waals surface area contributed by atoms with Crippen molar-refractivity contribution in [2.45, 2.75) is 26.3 Å². The number of rotatable bonds is 5. The van der Waals surface area contributed by atoms with Crippen molar-refractivity contribution in [3.05, 3.63) is 30.1 Å². The lowest BCUT2D eigenvalue weighted by Gasteiger charge is -2.36. The van der Waals surface area contributed by atoms with E-state index in [2.05, 4.69) is 17.1 Å². The van der Waals surface area contributed by atoms with Gasteiger partial charge in [0.25, 0.3) is 0 Å². The Morgan fingerprint density at radius 1 is 1.29 bits per heavy atom. The van der Waals surface area contributed by atoms with Crippen LogP contribution in [0.15, 0.2) is 24.3 Å². The highest BCUT2D eigenvalue weighted by Crippen LogP contribution is 2.19. The molecule has 1 heterocycles. The number of carbonyl (C=O) groups excluding carboxylic acids is 1. The van der Waals surface area contributed by atoms with E-state index in [1.807, 2.05) is 17.9 Å². The average molecular weight is 293 g/mol. The van der Waals surface area contributed by atoms with E-state index < -0.39 is 0 Å². The second-order valence-electron chi connectivity index (χ2n) is 5.59. The van der Waals surface area contributed by atoms with Crippen molar-refractivity contribution in [1.29, 1.82) is 0 Å². The first kappa shape index (κ1) is 15.8. The summed E-state index contributed by atoms with van der Waals surface area (Å²) in [6, 6.07) is 7.07. The number of nitrogens with one attached hydrogen (secondary N) is 1. The van der Waals surface area contributed by atoms with Gasteiger partial charge in [-0.2, -0.15) is 0 Å². The number of halogens is 1. The molecule has 1 aliphatic rings. The maximum Gasteiger partial charge on any atom is 0.234 e. The Hall–Kier alpha value is -1.62. The van der Waals surface area contributed by atoms with Crippen molar-refractivity contribution in [2.75, 3.05) is 37.6 Å². The third-order valence-corrected chi connectivity index (χ3v) is 3.95. The number of amides is 1. The number of carbonyl (C=O) groups is 1. The molecular formula is C16H24FN3O. The fraction of sp³-hybridized carbons (Fsp3) is 0.562. The standard InChI is InChI=1S/C16H24FN3O/c1-3-13(2)18-16(21)12-19-8-10-20(11-9-19)15-7-5-4-6-14(15)17/h4-7,13H,3,8-12H2,1-2H3,(H,18,21). The van der Waals surface area contributed by atoms with E-state index >= 15 is 0 Å². The molecule has 4 nitrogen and oxygen atoms in total. The van der Waals surface area contributed by atoms with Crippen LogP contribution in [0.4, 0.5) is 10.1 Å². The Balaban J connectivity index is 1.81. The molecule has 1 saturated heterocycles. The minimum atomic E-state index is -0.180. The van der Waals surface area contributed by atoms with E-state index in [-0.39, 0.29) is 17.8 Å². The summed E-state index contributed by atoms with van der Waals surface area (Å²) in [5.41, 5.74) is 0.654. The van der Waals surface area contributed by atoms with Gasteiger partial charge in [-0.05, 0) is 25.5 Å². The molecule has 1 aromatic carbocycles. The Kier molecular flexibility index (Phi) is 5.56. The zero-order valence-corrected chi connectivity index (χ0v) is 12.8. The lowest BCUT2D eigenvalue weighted by molar-refractivity contribution is -0.122. The molecule has 0 radical (unpaired) electrons. The highest BCUT2D eigenvalue weighted by molar-refractivity contribution is 5.78. The summed E-state index contributed by atoms with van der Waals surface area (Å²) in [6.07, 6.45) is 0.937. The van der Waals surface area contributed by atoms with Gasteiger partial charge in [-0.15, -0.1) is 0 Å². The molecule has 1 fully saturated rings. The molecule has 116 valence electrons. The first-order valence-electron chi connectivity index (χ1n) is 7.61. The second-order valence-corrected chi connectivity index (χ2v) is 5.59. The lowest BCUT2D eigenvalue weighted by Crippen LogP contribution is -2.50. The highest BCUT2D eigenvalue weighted by atomic mass is 19.1. The number of benzene rings is 1. The van der Waals surface area contributed by atoms with Crippen LogP contribution < -0.4 is 10.2 Å². The summed E-state index contributed by atoms with van der Waals surface area (Å²) in [7, 11) is 0. The van der Waals surface area contributed by atoms with E-state index in [0.717, 1.165) is 32.6 Å². The van der Waals surface area contributed by atoms with Crippen LogP contribution in [0.2, 0.25) is 0 Å². The number of para-hydroxylation sites is 1. The zero-order valence-electron chi connectivity index (χ0n) is 12.8. The third kappa shape index (κ3) is 4.43. The molecule has 0 spiro atoms. The normalized spacial score (nSPS) is 17.6. The van der Waals surface area contributed by atoms with Crippen LogP contribution in [0.3, 0.4) is 0 Å². The minimum absolute atomic E-state index is 0.0729. The summed E-state index contributed by atoms with van der Waals surface area (Å²) >= 11 is 0. The van der Waals surface area contributed by atoms with Crippen molar-refractivity contribution in [1.82, 2.24) is 10.2 Å². The highest BCUT2D eigenvalue weighted by Gasteiger charge is 2.21. The Labute approximate surface area is 125 Å². The number of piperazine rings is 1.